The van der Waals surface area contributed by atoms with Crippen LogP contribution in [0.5, 0.6) is 0 Å². The molecule has 0 aliphatic rings. The Kier molecular flexibility index (Phi) is 5.24. The summed E-state index contributed by atoms with van der Waals surface area (Å²) in [5, 5.41) is 3.61. The highest BCUT2D eigenvalue weighted by molar-refractivity contribution is 5.26. The van der Waals surface area contributed by atoms with Crippen LogP contribution in [-0.4, -0.2) is 16.5 Å². The molecule has 2 aromatic rings. The van der Waals surface area contributed by atoms with E-state index in [0.29, 0.717) is 0 Å². The minimum atomic E-state index is 0.276. The van der Waals surface area contributed by atoms with Gasteiger partial charge in [-0.25, -0.2) is 0 Å². The first-order valence-electron chi connectivity index (χ1n) is 7.28. The molecule has 20 heavy (non-hydrogen) atoms. The van der Waals surface area contributed by atoms with Crippen LogP contribution in [-0.2, 0) is 6.42 Å². The van der Waals surface area contributed by atoms with Crippen molar-refractivity contribution in [3.8, 4) is 0 Å². The van der Waals surface area contributed by atoms with Crippen LogP contribution in [0.3, 0.4) is 0 Å². The average molecular weight is 269 g/mol. The fraction of sp³-hybridized carbons (Fsp3) is 0.412. The SMILES string of the molecule is CCCNC(Cc1ccccn1)c1ccc(C)nc1C. The zero-order valence-corrected chi connectivity index (χ0v) is 12.6. The van der Waals surface area contributed by atoms with Gasteiger partial charge < -0.3 is 5.32 Å². The molecule has 0 spiro atoms. The number of rotatable bonds is 6. The van der Waals surface area contributed by atoms with Crippen molar-refractivity contribution in [2.45, 2.75) is 39.7 Å². The Labute approximate surface area is 121 Å². The van der Waals surface area contributed by atoms with Gasteiger partial charge in [0.25, 0.3) is 0 Å². The first-order chi connectivity index (χ1) is 9.70. The highest BCUT2D eigenvalue weighted by Gasteiger charge is 2.15. The van der Waals surface area contributed by atoms with Crippen LogP contribution in [0, 0.1) is 13.8 Å². The molecule has 0 saturated heterocycles. The largest absolute Gasteiger partial charge is 0.310 e. The summed E-state index contributed by atoms with van der Waals surface area (Å²) in [5.41, 5.74) is 4.56. The Morgan fingerprint density at radius 3 is 2.65 bits per heavy atom. The summed E-state index contributed by atoms with van der Waals surface area (Å²) in [6.45, 7) is 7.31. The van der Waals surface area contributed by atoms with Crippen molar-refractivity contribution in [2.24, 2.45) is 0 Å². The zero-order chi connectivity index (χ0) is 14.4. The monoisotopic (exact) mass is 269 g/mol. The number of aryl methyl sites for hydroxylation is 2. The summed E-state index contributed by atoms with van der Waals surface area (Å²) in [6, 6.07) is 10.6. The Hall–Kier alpha value is -1.74. The normalized spacial score (nSPS) is 12.3. The van der Waals surface area contributed by atoms with E-state index in [1.165, 1.54) is 5.56 Å². The van der Waals surface area contributed by atoms with Gasteiger partial charge in [0.2, 0.25) is 0 Å². The molecule has 3 nitrogen and oxygen atoms in total. The second-order valence-electron chi connectivity index (χ2n) is 5.16. The van der Waals surface area contributed by atoms with E-state index in [4.69, 9.17) is 0 Å². The van der Waals surface area contributed by atoms with Gasteiger partial charge in [0.05, 0.1) is 0 Å². The van der Waals surface area contributed by atoms with Gasteiger partial charge in [-0.2, -0.15) is 0 Å². The van der Waals surface area contributed by atoms with Crippen molar-refractivity contribution in [3.63, 3.8) is 0 Å². The van der Waals surface area contributed by atoms with Crippen LogP contribution >= 0.6 is 0 Å². The number of aromatic nitrogens is 2. The summed E-state index contributed by atoms with van der Waals surface area (Å²) in [6.07, 6.45) is 3.87. The minimum absolute atomic E-state index is 0.276. The molecule has 2 heterocycles. The van der Waals surface area contributed by atoms with Crippen molar-refractivity contribution < 1.29 is 0 Å². The predicted octanol–water partition coefficient (Wildman–Crippen LogP) is 3.38. The van der Waals surface area contributed by atoms with Crippen LogP contribution in [0.25, 0.3) is 0 Å². The molecule has 106 valence electrons. The number of hydrogen-bond acceptors (Lipinski definition) is 3. The highest BCUT2D eigenvalue weighted by Crippen LogP contribution is 2.20. The fourth-order valence-corrected chi connectivity index (χ4v) is 2.40. The summed E-state index contributed by atoms with van der Waals surface area (Å²) in [4.78, 5) is 9.02. The van der Waals surface area contributed by atoms with E-state index >= 15 is 0 Å². The molecule has 0 bridgehead atoms. The summed E-state index contributed by atoms with van der Waals surface area (Å²) < 4.78 is 0. The van der Waals surface area contributed by atoms with Gasteiger partial charge in [-0.05, 0) is 50.6 Å². The molecule has 0 saturated carbocycles. The van der Waals surface area contributed by atoms with Gasteiger partial charge in [-0.15, -0.1) is 0 Å². The Balaban J connectivity index is 2.22. The van der Waals surface area contributed by atoms with Crippen LogP contribution in [0.4, 0.5) is 0 Å². The third-order valence-corrected chi connectivity index (χ3v) is 3.42. The quantitative estimate of drug-likeness (QED) is 0.873. The van der Waals surface area contributed by atoms with Crippen LogP contribution < -0.4 is 5.32 Å². The van der Waals surface area contributed by atoms with E-state index in [1.807, 2.05) is 25.3 Å². The summed E-state index contributed by atoms with van der Waals surface area (Å²) in [7, 11) is 0. The summed E-state index contributed by atoms with van der Waals surface area (Å²) >= 11 is 0. The van der Waals surface area contributed by atoms with Crippen LogP contribution in [0.2, 0.25) is 0 Å². The zero-order valence-electron chi connectivity index (χ0n) is 12.6. The maximum Gasteiger partial charge on any atom is 0.0423 e. The van der Waals surface area contributed by atoms with E-state index in [0.717, 1.165) is 36.5 Å². The molecule has 0 aliphatic carbocycles. The van der Waals surface area contributed by atoms with Crippen LogP contribution in [0.1, 0.15) is 42.0 Å². The minimum Gasteiger partial charge on any atom is -0.310 e. The van der Waals surface area contributed by atoms with Crippen molar-refractivity contribution in [2.75, 3.05) is 6.54 Å². The van der Waals surface area contributed by atoms with E-state index in [-0.39, 0.29) is 6.04 Å². The Morgan fingerprint density at radius 2 is 2.00 bits per heavy atom. The summed E-state index contributed by atoms with van der Waals surface area (Å²) in [5.74, 6) is 0. The lowest BCUT2D eigenvalue weighted by molar-refractivity contribution is 0.520. The number of pyridine rings is 2. The van der Waals surface area contributed by atoms with Gasteiger partial charge in [0, 0.05) is 35.7 Å². The maximum absolute atomic E-state index is 4.58. The molecule has 2 rings (SSSR count). The highest BCUT2D eigenvalue weighted by atomic mass is 14.9. The Morgan fingerprint density at radius 1 is 1.15 bits per heavy atom. The number of nitrogens with one attached hydrogen (secondary N) is 1. The first kappa shape index (κ1) is 14.7. The van der Waals surface area contributed by atoms with Crippen molar-refractivity contribution >= 4 is 0 Å². The lowest BCUT2D eigenvalue weighted by Crippen LogP contribution is -2.25. The van der Waals surface area contributed by atoms with Gasteiger partial charge in [0.15, 0.2) is 0 Å². The molecule has 0 amide bonds. The fourth-order valence-electron chi connectivity index (χ4n) is 2.40. The van der Waals surface area contributed by atoms with Crippen LogP contribution in [0.15, 0.2) is 36.5 Å². The topological polar surface area (TPSA) is 37.8 Å². The van der Waals surface area contributed by atoms with E-state index in [1.54, 1.807) is 0 Å². The standard InChI is InChI=1S/C17H23N3/c1-4-10-19-17(12-15-7-5-6-11-18-15)16-9-8-13(2)20-14(16)3/h5-9,11,17,19H,4,10,12H2,1-3H3. The Bertz CT molecular complexity index is 537. The molecule has 2 aromatic heterocycles. The van der Waals surface area contributed by atoms with Gasteiger partial charge >= 0.3 is 0 Å². The molecule has 1 N–H and O–H groups in total. The number of nitrogens with zero attached hydrogens (tertiary/aromatic N) is 2. The van der Waals surface area contributed by atoms with Gasteiger partial charge in [-0.1, -0.05) is 19.1 Å². The van der Waals surface area contributed by atoms with E-state index in [2.05, 4.69) is 47.3 Å². The number of hydrogen-bond donors (Lipinski definition) is 1. The molecule has 0 radical (unpaired) electrons. The van der Waals surface area contributed by atoms with Crippen molar-refractivity contribution in [1.29, 1.82) is 0 Å². The molecule has 1 unspecified atom stereocenters. The molecule has 0 aliphatic heterocycles. The van der Waals surface area contributed by atoms with E-state index in [9.17, 15) is 0 Å². The smallest absolute Gasteiger partial charge is 0.0423 e. The van der Waals surface area contributed by atoms with E-state index < -0.39 is 0 Å². The predicted molar refractivity (Wildman–Crippen MR) is 82.7 cm³/mol. The first-order valence-corrected chi connectivity index (χ1v) is 7.28. The molecular formula is C17H23N3. The third-order valence-electron chi connectivity index (χ3n) is 3.42. The third kappa shape index (κ3) is 3.87. The second-order valence-corrected chi connectivity index (χ2v) is 5.16. The van der Waals surface area contributed by atoms with Gasteiger partial charge in [0.1, 0.15) is 0 Å². The molecule has 1 atom stereocenters. The lowest BCUT2D eigenvalue weighted by Gasteiger charge is -2.20. The molecule has 0 aromatic carbocycles. The molecule has 3 heteroatoms. The molecular weight excluding hydrogens is 246 g/mol. The van der Waals surface area contributed by atoms with Crippen molar-refractivity contribution in [3.05, 3.63) is 59.2 Å². The maximum atomic E-state index is 4.58. The van der Waals surface area contributed by atoms with Gasteiger partial charge in [-0.3, -0.25) is 9.97 Å². The average Bonchev–Trinajstić information content (AvgIpc) is 2.45. The lowest BCUT2D eigenvalue weighted by atomic mass is 9.99. The molecule has 0 fully saturated rings. The van der Waals surface area contributed by atoms with Crippen molar-refractivity contribution in [1.82, 2.24) is 15.3 Å². The second kappa shape index (κ2) is 7.15.